The molecule has 2 rings (SSSR count). The Hall–Kier alpha value is -1.89. The molecule has 0 aliphatic rings. The molecule has 0 saturated heterocycles. The second-order valence-corrected chi connectivity index (χ2v) is 2.97. The third-order valence-corrected chi connectivity index (χ3v) is 1.97. The molecule has 7 nitrogen and oxygen atoms in total. The molecule has 0 aromatic carbocycles. The highest BCUT2D eigenvalue weighted by molar-refractivity contribution is 6.32. The normalized spacial score (nSPS) is 10.2. The lowest BCUT2D eigenvalue weighted by atomic mass is 10.5. The fourth-order valence-electron chi connectivity index (χ4n) is 0.939. The van der Waals surface area contributed by atoms with Crippen molar-refractivity contribution in [1.29, 1.82) is 0 Å². The molecule has 8 heteroatoms. The number of anilines is 1. The SMILES string of the molecule is O=c1[nH]cnc(NCc2ncon2)c1Cl. The summed E-state index contributed by atoms with van der Waals surface area (Å²) in [5.41, 5.74) is -0.401. The van der Waals surface area contributed by atoms with Crippen LogP contribution in [0.1, 0.15) is 5.82 Å². The molecule has 0 saturated carbocycles. The van der Waals surface area contributed by atoms with Crippen molar-refractivity contribution >= 4 is 17.4 Å². The van der Waals surface area contributed by atoms with Crippen molar-refractivity contribution in [3.63, 3.8) is 0 Å². The highest BCUT2D eigenvalue weighted by Gasteiger charge is 2.06. The second kappa shape index (κ2) is 4.09. The third-order valence-electron chi connectivity index (χ3n) is 1.62. The van der Waals surface area contributed by atoms with Gasteiger partial charge in [-0.15, -0.1) is 0 Å². The van der Waals surface area contributed by atoms with Crippen LogP contribution in [0, 0.1) is 0 Å². The minimum absolute atomic E-state index is 0.000921. The Bertz CT molecular complexity index is 494. The summed E-state index contributed by atoms with van der Waals surface area (Å²) in [5, 5.41) is 6.39. The van der Waals surface area contributed by atoms with Gasteiger partial charge < -0.3 is 14.8 Å². The van der Waals surface area contributed by atoms with E-state index in [0.717, 1.165) is 0 Å². The van der Waals surface area contributed by atoms with Crippen molar-refractivity contribution in [2.24, 2.45) is 0 Å². The van der Waals surface area contributed by atoms with E-state index in [0.29, 0.717) is 5.82 Å². The van der Waals surface area contributed by atoms with Gasteiger partial charge >= 0.3 is 0 Å². The van der Waals surface area contributed by atoms with E-state index >= 15 is 0 Å². The van der Waals surface area contributed by atoms with Crippen molar-refractivity contribution in [2.45, 2.75) is 6.54 Å². The molecule has 0 amide bonds. The van der Waals surface area contributed by atoms with Gasteiger partial charge in [0.15, 0.2) is 11.6 Å². The summed E-state index contributed by atoms with van der Waals surface area (Å²) in [4.78, 5) is 21.1. The third kappa shape index (κ3) is 2.13. The van der Waals surface area contributed by atoms with Crippen LogP contribution in [-0.2, 0) is 6.54 Å². The molecular formula is C7H6ClN5O2. The number of hydrogen-bond acceptors (Lipinski definition) is 6. The largest absolute Gasteiger partial charge is 0.361 e. The van der Waals surface area contributed by atoms with Crippen LogP contribution >= 0.6 is 11.6 Å². The van der Waals surface area contributed by atoms with E-state index in [-0.39, 0.29) is 17.4 Å². The second-order valence-electron chi connectivity index (χ2n) is 2.60. The molecule has 0 aliphatic heterocycles. The van der Waals surface area contributed by atoms with Gasteiger partial charge in [0.25, 0.3) is 5.56 Å². The van der Waals surface area contributed by atoms with E-state index in [9.17, 15) is 4.79 Å². The first-order valence-electron chi connectivity index (χ1n) is 3.99. The van der Waals surface area contributed by atoms with E-state index in [4.69, 9.17) is 11.6 Å². The average molecular weight is 228 g/mol. The molecule has 0 unspecified atom stereocenters. The molecular weight excluding hydrogens is 222 g/mol. The van der Waals surface area contributed by atoms with E-state index in [1.807, 2.05) is 0 Å². The lowest BCUT2D eigenvalue weighted by Crippen LogP contribution is -2.12. The van der Waals surface area contributed by atoms with Gasteiger partial charge in [0.1, 0.15) is 5.02 Å². The molecule has 2 aromatic heterocycles. The van der Waals surface area contributed by atoms with Crippen LogP contribution in [0.2, 0.25) is 5.02 Å². The maximum Gasteiger partial charge on any atom is 0.271 e. The Balaban J connectivity index is 2.12. The van der Waals surface area contributed by atoms with Gasteiger partial charge in [0, 0.05) is 0 Å². The van der Waals surface area contributed by atoms with Crippen LogP contribution in [-0.4, -0.2) is 20.1 Å². The Kier molecular flexibility index (Phi) is 2.64. The molecule has 0 bridgehead atoms. The first kappa shape index (κ1) is 9.66. The average Bonchev–Trinajstić information content (AvgIpc) is 2.73. The number of aromatic nitrogens is 4. The van der Waals surface area contributed by atoms with Crippen LogP contribution < -0.4 is 10.9 Å². The highest BCUT2D eigenvalue weighted by atomic mass is 35.5. The smallest absolute Gasteiger partial charge is 0.271 e. The summed E-state index contributed by atoms with van der Waals surface area (Å²) >= 11 is 5.70. The predicted molar refractivity (Wildman–Crippen MR) is 51.5 cm³/mol. The number of halogens is 1. The summed E-state index contributed by atoms with van der Waals surface area (Å²) in [7, 11) is 0. The quantitative estimate of drug-likeness (QED) is 0.789. The summed E-state index contributed by atoms with van der Waals surface area (Å²) in [6.45, 7) is 0.284. The van der Waals surface area contributed by atoms with Gasteiger partial charge in [-0.05, 0) is 0 Å². The van der Waals surface area contributed by atoms with Crippen molar-refractivity contribution in [3.05, 3.63) is 33.9 Å². The highest BCUT2D eigenvalue weighted by Crippen LogP contribution is 2.12. The molecule has 2 N–H and O–H groups in total. The number of H-pyrrole nitrogens is 1. The van der Waals surface area contributed by atoms with Crippen LogP contribution in [0.4, 0.5) is 5.82 Å². The van der Waals surface area contributed by atoms with E-state index in [1.165, 1.54) is 12.7 Å². The van der Waals surface area contributed by atoms with E-state index in [1.54, 1.807) is 0 Å². The zero-order valence-electron chi connectivity index (χ0n) is 7.40. The first-order valence-corrected chi connectivity index (χ1v) is 4.37. The molecule has 78 valence electrons. The van der Waals surface area contributed by atoms with Crippen molar-refractivity contribution in [3.8, 4) is 0 Å². The van der Waals surface area contributed by atoms with Crippen LogP contribution in [0.25, 0.3) is 0 Å². The molecule has 2 heterocycles. The Morgan fingerprint density at radius 1 is 1.53 bits per heavy atom. The monoisotopic (exact) mass is 227 g/mol. The lowest BCUT2D eigenvalue weighted by Gasteiger charge is -2.02. The minimum Gasteiger partial charge on any atom is -0.361 e. The Morgan fingerprint density at radius 3 is 3.13 bits per heavy atom. The van der Waals surface area contributed by atoms with Crippen LogP contribution in [0.5, 0.6) is 0 Å². The van der Waals surface area contributed by atoms with Gasteiger partial charge in [0.05, 0.1) is 12.9 Å². The summed E-state index contributed by atoms with van der Waals surface area (Å²) in [6, 6.07) is 0. The number of nitrogens with one attached hydrogen (secondary N) is 2. The number of rotatable bonds is 3. The molecule has 2 aromatic rings. The van der Waals surface area contributed by atoms with Gasteiger partial charge in [-0.2, -0.15) is 4.98 Å². The van der Waals surface area contributed by atoms with Crippen molar-refractivity contribution in [1.82, 2.24) is 20.1 Å². The topological polar surface area (TPSA) is 96.7 Å². The zero-order chi connectivity index (χ0) is 10.7. The zero-order valence-corrected chi connectivity index (χ0v) is 8.15. The van der Waals surface area contributed by atoms with Gasteiger partial charge in [0.2, 0.25) is 6.39 Å². The van der Waals surface area contributed by atoms with Gasteiger partial charge in [-0.3, -0.25) is 4.79 Å². The minimum atomic E-state index is -0.401. The maximum absolute atomic E-state index is 11.1. The molecule has 15 heavy (non-hydrogen) atoms. The van der Waals surface area contributed by atoms with E-state index < -0.39 is 5.56 Å². The van der Waals surface area contributed by atoms with Crippen LogP contribution in [0.3, 0.4) is 0 Å². The maximum atomic E-state index is 11.1. The van der Waals surface area contributed by atoms with Crippen molar-refractivity contribution < 1.29 is 4.52 Å². The summed E-state index contributed by atoms with van der Waals surface area (Å²) in [6.07, 6.45) is 2.47. The lowest BCUT2D eigenvalue weighted by molar-refractivity contribution is 0.411. The number of aromatic amines is 1. The molecule has 0 spiro atoms. The standard InChI is InChI=1S/C7H6ClN5O2/c8-5-6(10-2-11-7(5)14)9-1-4-12-3-15-13-4/h2-3H,1H2,(H2,9,10,11,14). The predicted octanol–water partition coefficient (Wildman–Crippen LogP) is 0.418. The van der Waals surface area contributed by atoms with E-state index in [2.05, 4.69) is 29.9 Å². The Morgan fingerprint density at radius 2 is 2.40 bits per heavy atom. The summed E-state index contributed by atoms with van der Waals surface area (Å²) in [5.74, 6) is 0.735. The van der Waals surface area contributed by atoms with Gasteiger partial charge in [-0.25, -0.2) is 4.98 Å². The Labute approximate surface area is 88.5 Å². The van der Waals surface area contributed by atoms with Crippen LogP contribution in [0.15, 0.2) is 22.0 Å². The summed E-state index contributed by atoms with van der Waals surface area (Å²) < 4.78 is 4.53. The van der Waals surface area contributed by atoms with Gasteiger partial charge in [-0.1, -0.05) is 16.8 Å². The van der Waals surface area contributed by atoms with Crippen molar-refractivity contribution in [2.75, 3.05) is 5.32 Å². The fraction of sp³-hybridized carbons (Fsp3) is 0.143. The molecule has 0 fully saturated rings. The molecule has 0 atom stereocenters. The first-order chi connectivity index (χ1) is 7.27. The number of hydrogen-bond donors (Lipinski definition) is 2. The molecule has 0 radical (unpaired) electrons. The fourth-order valence-corrected chi connectivity index (χ4v) is 1.11. The molecule has 0 aliphatic carbocycles. The number of nitrogens with zero attached hydrogens (tertiary/aromatic N) is 3.